The molecule has 3 nitrogen and oxygen atoms in total. The summed E-state index contributed by atoms with van der Waals surface area (Å²) in [5.41, 5.74) is 7.32. The van der Waals surface area contributed by atoms with E-state index in [9.17, 15) is 9.18 Å². The van der Waals surface area contributed by atoms with E-state index in [0.717, 1.165) is 16.1 Å². The molecule has 0 atom stereocenters. The largest absolute Gasteiger partial charge is 0.396 e. The predicted octanol–water partition coefficient (Wildman–Crippen LogP) is 3.73. The second-order valence-corrected chi connectivity index (χ2v) is 5.01. The number of benzene rings is 2. The number of hydrogen-bond acceptors (Lipinski definition) is 2. The van der Waals surface area contributed by atoms with Crippen LogP contribution in [0.15, 0.2) is 40.9 Å². The molecule has 0 bridgehead atoms. The molecule has 5 heteroatoms. The number of halogens is 2. The van der Waals surface area contributed by atoms with Crippen LogP contribution in [0.5, 0.6) is 0 Å². The van der Waals surface area contributed by atoms with Gasteiger partial charge >= 0.3 is 0 Å². The fourth-order valence-corrected chi connectivity index (χ4v) is 1.92. The lowest BCUT2D eigenvalue weighted by atomic mass is 10.1. The number of carbonyl (C=O) groups is 1. The minimum absolute atomic E-state index is 0.0228. The topological polar surface area (TPSA) is 55.1 Å². The maximum absolute atomic E-state index is 13.3. The van der Waals surface area contributed by atoms with E-state index in [-0.39, 0.29) is 17.2 Å². The molecule has 98 valence electrons. The van der Waals surface area contributed by atoms with Gasteiger partial charge in [-0.1, -0.05) is 22.0 Å². The highest BCUT2D eigenvalue weighted by Crippen LogP contribution is 2.21. The minimum atomic E-state index is -0.599. The monoisotopic (exact) mass is 322 g/mol. The van der Waals surface area contributed by atoms with Crippen LogP contribution in [0.2, 0.25) is 0 Å². The Labute approximate surface area is 118 Å². The number of anilines is 2. The molecule has 0 aliphatic carbocycles. The molecule has 0 saturated carbocycles. The van der Waals surface area contributed by atoms with Crippen LogP contribution in [0.3, 0.4) is 0 Å². The predicted molar refractivity (Wildman–Crippen MR) is 77.6 cm³/mol. The summed E-state index contributed by atoms with van der Waals surface area (Å²) in [4.78, 5) is 11.9. The molecule has 0 radical (unpaired) electrons. The fourth-order valence-electron chi connectivity index (χ4n) is 1.54. The van der Waals surface area contributed by atoms with Gasteiger partial charge in [-0.2, -0.15) is 0 Å². The van der Waals surface area contributed by atoms with Crippen molar-refractivity contribution >= 4 is 33.2 Å². The average Bonchev–Trinajstić information content (AvgIpc) is 2.37. The van der Waals surface area contributed by atoms with E-state index in [4.69, 9.17) is 5.73 Å². The van der Waals surface area contributed by atoms with E-state index in [0.29, 0.717) is 5.69 Å². The highest BCUT2D eigenvalue weighted by molar-refractivity contribution is 9.10. The molecule has 0 saturated heterocycles. The molecule has 0 heterocycles. The molecule has 0 aliphatic rings. The number of nitrogen functional groups attached to an aromatic ring is 1. The van der Waals surface area contributed by atoms with Crippen molar-refractivity contribution in [3.05, 3.63) is 57.8 Å². The Kier molecular flexibility index (Phi) is 3.85. The van der Waals surface area contributed by atoms with Gasteiger partial charge in [0.2, 0.25) is 0 Å². The van der Waals surface area contributed by atoms with Crippen molar-refractivity contribution in [2.45, 2.75) is 6.92 Å². The van der Waals surface area contributed by atoms with Crippen molar-refractivity contribution in [2.24, 2.45) is 0 Å². The minimum Gasteiger partial charge on any atom is -0.396 e. The van der Waals surface area contributed by atoms with Crippen LogP contribution in [-0.2, 0) is 0 Å². The molecule has 2 aromatic carbocycles. The van der Waals surface area contributed by atoms with Gasteiger partial charge in [-0.25, -0.2) is 4.39 Å². The summed E-state index contributed by atoms with van der Waals surface area (Å²) in [6, 6.07) is 9.43. The molecule has 1 amide bonds. The number of amides is 1. The molecule has 0 fully saturated rings. The van der Waals surface area contributed by atoms with E-state index in [1.807, 2.05) is 13.0 Å². The van der Waals surface area contributed by atoms with E-state index in [1.165, 1.54) is 12.1 Å². The van der Waals surface area contributed by atoms with Crippen molar-refractivity contribution < 1.29 is 9.18 Å². The number of nitrogens with one attached hydrogen (secondary N) is 1. The molecule has 2 rings (SSSR count). The zero-order chi connectivity index (χ0) is 14.0. The summed E-state index contributed by atoms with van der Waals surface area (Å²) in [6.45, 7) is 1.95. The number of rotatable bonds is 2. The first-order valence-corrected chi connectivity index (χ1v) is 6.39. The molecule has 0 spiro atoms. The molecular weight excluding hydrogens is 311 g/mol. The average molecular weight is 323 g/mol. The number of nitrogens with two attached hydrogens (primary N) is 1. The number of carbonyl (C=O) groups excluding carboxylic acids is 1. The maximum Gasteiger partial charge on any atom is 0.255 e. The van der Waals surface area contributed by atoms with Crippen LogP contribution in [0.4, 0.5) is 15.8 Å². The van der Waals surface area contributed by atoms with Gasteiger partial charge in [-0.15, -0.1) is 0 Å². The smallest absolute Gasteiger partial charge is 0.255 e. The first-order valence-electron chi connectivity index (χ1n) is 5.60. The van der Waals surface area contributed by atoms with Crippen molar-refractivity contribution in [3.8, 4) is 0 Å². The van der Waals surface area contributed by atoms with Crippen molar-refractivity contribution in [2.75, 3.05) is 11.1 Å². The van der Waals surface area contributed by atoms with Crippen LogP contribution in [0.25, 0.3) is 0 Å². The lowest BCUT2D eigenvalue weighted by Gasteiger charge is -2.07. The van der Waals surface area contributed by atoms with Crippen molar-refractivity contribution in [1.82, 2.24) is 0 Å². The molecule has 0 unspecified atom stereocenters. The van der Waals surface area contributed by atoms with Crippen LogP contribution in [0.1, 0.15) is 15.9 Å². The Hall–Kier alpha value is -1.88. The molecule has 2 aromatic rings. The normalized spacial score (nSPS) is 10.3. The van der Waals surface area contributed by atoms with Crippen LogP contribution >= 0.6 is 15.9 Å². The Morgan fingerprint density at radius 3 is 2.63 bits per heavy atom. The van der Waals surface area contributed by atoms with Gasteiger partial charge < -0.3 is 11.1 Å². The fraction of sp³-hybridized carbons (Fsp3) is 0.0714. The molecular formula is C14H12BrFN2O. The zero-order valence-electron chi connectivity index (χ0n) is 10.2. The van der Waals surface area contributed by atoms with Crippen LogP contribution in [0, 0.1) is 12.7 Å². The maximum atomic E-state index is 13.3. The first-order chi connectivity index (χ1) is 8.97. The highest BCUT2D eigenvalue weighted by atomic mass is 79.9. The third-order valence-electron chi connectivity index (χ3n) is 2.69. The van der Waals surface area contributed by atoms with Crippen LogP contribution < -0.4 is 11.1 Å². The van der Waals surface area contributed by atoms with Crippen molar-refractivity contribution in [3.63, 3.8) is 0 Å². The lowest BCUT2D eigenvalue weighted by Crippen LogP contribution is -2.12. The third-order valence-corrected chi connectivity index (χ3v) is 3.55. The summed E-state index contributed by atoms with van der Waals surface area (Å²) in [6.07, 6.45) is 0. The van der Waals surface area contributed by atoms with Gasteiger partial charge in [0.25, 0.3) is 5.91 Å². The summed E-state index contributed by atoms with van der Waals surface area (Å²) >= 11 is 3.39. The van der Waals surface area contributed by atoms with E-state index >= 15 is 0 Å². The van der Waals surface area contributed by atoms with Gasteiger partial charge in [0.05, 0.1) is 5.69 Å². The number of hydrogen-bond donors (Lipinski definition) is 2. The Morgan fingerprint density at radius 2 is 2.00 bits per heavy atom. The molecule has 19 heavy (non-hydrogen) atoms. The summed E-state index contributed by atoms with van der Waals surface area (Å²) in [7, 11) is 0. The van der Waals surface area contributed by atoms with Gasteiger partial charge in [0.15, 0.2) is 0 Å². The first kappa shape index (κ1) is 13.5. The highest BCUT2D eigenvalue weighted by Gasteiger charge is 2.09. The zero-order valence-corrected chi connectivity index (χ0v) is 11.8. The van der Waals surface area contributed by atoms with E-state index < -0.39 is 5.82 Å². The second-order valence-electron chi connectivity index (χ2n) is 4.15. The Morgan fingerprint density at radius 1 is 1.26 bits per heavy atom. The van der Waals surface area contributed by atoms with Gasteiger partial charge in [-0.3, -0.25) is 4.79 Å². The summed E-state index contributed by atoms with van der Waals surface area (Å²) in [5.74, 6) is -0.979. The Balaban J connectivity index is 2.20. The quantitative estimate of drug-likeness (QED) is 0.828. The van der Waals surface area contributed by atoms with Crippen molar-refractivity contribution in [1.29, 1.82) is 0 Å². The standard InChI is InChI=1S/C14H12BrFN2O/c1-8-2-4-10(7-11(8)15)18-14(19)9-3-5-13(17)12(16)6-9/h2-7H,17H2,1H3,(H,18,19). The number of aryl methyl sites for hydroxylation is 1. The van der Waals surface area contributed by atoms with E-state index in [1.54, 1.807) is 12.1 Å². The summed E-state index contributed by atoms with van der Waals surface area (Å²) in [5, 5.41) is 2.70. The lowest BCUT2D eigenvalue weighted by molar-refractivity contribution is 0.102. The third kappa shape index (κ3) is 3.12. The molecule has 0 aliphatic heterocycles. The van der Waals surface area contributed by atoms with Gasteiger partial charge in [-0.05, 0) is 42.8 Å². The van der Waals surface area contributed by atoms with Gasteiger partial charge in [0.1, 0.15) is 5.82 Å². The second kappa shape index (κ2) is 5.40. The van der Waals surface area contributed by atoms with Gasteiger partial charge in [0, 0.05) is 15.7 Å². The summed E-state index contributed by atoms with van der Waals surface area (Å²) < 4.78 is 14.2. The van der Waals surface area contributed by atoms with E-state index in [2.05, 4.69) is 21.2 Å². The van der Waals surface area contributed by atoms with Crippen LogP contribution in [-0.4, -0.2) is 5.91 Å². The Bertz CT molecular complexity index is 643. The SMILES string of the molecule is Cc1ccc(NC(=O)c2ccc(N)c(F)c2)cc1Br. The molecule has 3 N–H and O–H groups in total. The molecule has 0 aromatic heterocycles.